The number of azo groups is 1. The lowest BCUT2D eigenvalue weighted by Crippen LogP contribution is -2.22. The zero-order valence-electron chi connectivity index (χ0n) is 16.4. The minimum Gasteiger partial charge on any atom is -0.503 e. The van der Waals surface area contributed by atoms with E-state index >= 15 is 0 Å². The largest absolute Gasteiger partial charge is 0.503 e. The topological polar surface area (TPSA) is 77.3 Å². The summed E-state index contributed by atoms with van der Waals surface area (Å²) in [6.07, 6.45) is 0. The summed E-state index contributed by atoms with van der Waals surface area (Å²) in [5.74, 6) is -3.61. The van der Waals surface area contributed by atoms with E-state index in [1.54, 1.807) is 24.3 Å². The third kappa shape index (κ3) is 5.16. The number of hydrogen-bond donors (Lipinski definition) is 2. The molecule has 30 heavy (non-hydrogen) atoms. The lowest BCUT2D eigenvalue weighted by molar-refractivity contribution is 0.0951. The highest BCUT2D eigenvalue weighted by atomic mass is 19.1. The summed E-state index contributed by atoms with van der Waals surface area (Å²) in [6.45, 7) is -0.0860. The Kier molecular flexibility index (Phi) is 6.36. The van der Waals surface area contributed by atoms with Crippen LogP contribution in [-0.2, 0) is 6.54 Å². The van der Waals surface area contributed by atoms with Gasteiger partial charge in [-0.15, -0.1) is 0 Å². The van der Waals surface area contributed by atoms with Crippen molar-refractivity contribution in [3.05, 3.63) is 83.4 Å². The highest BCUT2D eigenvalue weighted by Gasteiger charge is 2.11. The van der Waals surface area contributed by atoms with Crippen LogP contribution in [0.3, 0.4) is 0 Å². The number of phenols is 1. The molecule has 0 aliphatic heterocycles. The highest BCUT2D eigenvalue weighted by molar-refractivity contribution is 5.94. The number of phenolic OH excluding ortho intramolecular Hbond substituents is 1. The molecule has 0 aliphatic carbocycles. The molecule has 0 radical (unpaired) electrons. The van der Waals surface area contributed by atoms with Crippen molar-refractivity contribution in [2.75, 3.05) is 19.0 Å². The Hall–Kier alpha value is -3.81. The average molecular weight is 410 g/mol. The molecule has 0 saturated heterocycles. The van der Waals surface area contributed by atoms with Crippen molar-refractivity contribution in [1.29, 1.82) is 0 Å². The summed E-state index contributed by atoms with van der Waals surface area (Å²) in [5.41, 5.74) is 2.90. The molecule has 0 unspecified atom stereocenters. The van der Waals surface area contributed by atoms with E-state index in [1.165, 1.54) is 0 Å². The van der Waals surface area contributed by atoms with Gasteiger partial charge in [0.05, 0.1) is 11.4 Å². The molecule has 2 N–H and O–H groups in total. The van der Waals surface area contributed by atoms with Crippen LogP contribution in [0.4, 0.5) is 25.8 Å². The van der Waals surface area contributed by atoms with E-state index in [2.05, 4.69) is 15.5 Å². The number of nitrogens with one attached hydrogen (secondary N) is 1. The van der Waals surface area contributed by atoms with Crippen molar-refractivity contribution in [1.82, 2.24) is 5.32 Å². The Labute approximate surface area is 172 Å². The zero-order chi connectivity index (χ0) is 21.7. The van der Waals surface area contributed by atoms with Gasteiger partial charge in [-0.1, -0.05) is 0 Å². The van der Waals surface area contributed by atoms with Crippen LogP contribution in [0.15, 0.2) is 70.9 Å². The van der Waals surface area contributed by atoms with Crippen LogP contribution in [0, 0.1) is 11.6 Å². The number of anilines is 1. The van der Waals surface area contributed by atoms with E-state index in [0.717, 1.165) is 17.8 Å². The number of carbonyl (C=O) groups is 1. The predicted octanol–water partition coefficient (Wildman–Crippen LogP) is 5.08. The van der Waals surface area contributed by atoms with Gasteiger partial charge in [-0.2, -0.15) is 10.2 Å². The van der Waals surface area contributed by atoms with E-state index in [0.29, 0.717) is 16.9 Å². The second-order valence-corrected chi connectivity index (χ2v) is 6.75. The minimum absolute atomic E-state index is 0.0860. The molecule has 3 aromatic rings. The molecule has 0 heterocycles. The molecule has 0 spiro atoms. The van der Waals surface area contributed by atoms with Gasteiger partial charge in [0.2, 0.25) is 0 Å². The first-order valence-electron chi connectivity index (χ1n) is 9.08. The standard InChI is InChI=1S/C22H20F2N4O2/c1-28(2)18-9-7-17(8-10-18)27-26-16-5-3-15(4-6-16)22(30)25-13-14-11-19(23)21(29)20(24)12-14/h3-12,29H,13H2,1-2H3,(H,25,30). The average Bonchev–Trinajstić information content (AvgIpc) is 2.75. The van der Waals surface area contributed by atoms with Gasteiger partial charge in [0.15, 0.2) is 17.4 Å². The summed E-state index contributed by atoms with van der Waals surface area (Å²) in [5, 5.41) is 20.0. The van der Waals surface area contributed by atoms with Crippen molar-refractivity contribution in [3.63, 3.8) is 0 Å². The number of amides is 1. The number of aromatic hydroxyl groups is 1. The first-order valence-corrected chi connectivity index (χ1v) is 9.08. The zero-order valence-corrected chi connectivity index (χ0v) is 16.4. The van der Waals surface area contributed by atoms with E-state index in [-0.39, 0.29) is 12.1 Å². The Balaban J connectivity index is 1.60. The Morgan fingerprint density at radius 3 is 1.93 bits per heavy atom. The van der Waals surface area contributed by atoms with Crippen LogP contribution >= 0.6 is 0 Å². The van der Waals surface area contributed by atoms with Crippen LogP contribution < -0.4 is 10.2 Å². The summed E-state index contributed by atoms with van der Waals surface area (Å²) in [6, 6.07) is 16.0. The number of hydrogen-bond acceptors (Lipinski definition) is 5. The Bertz CT molecular complexity index is 1040. The molecule has 0 saturated carbocycles. The van der Waals surface area contributed by atoms with E-state index in [4.69, 9.17) is 5.11 Å². The van der Waals surface area contributed by atoms with Gasteiger partial charge in [-0.3, -0.25) is 4.79 Å². The van der Waals surface area contributed by atoms with Gasteiger partial charge in [-0.25, -0.2) is 8.78 Å². The van der Waals surface area contributed by atoms with Crippen LogP contribution in [-0.4, -0.2) is 25.1 Å². The maximum atomic E-state index is 13.4. The molecule has 3 rings (SSSR count). The predicted molar refractivity (Wildman–Crippen MR) is 111 cm³/mol. The Morgan fingerprint density at radius 1 is 0.933 bits per heavy atom. The smallest absolute Gasteiger partial charge is 0.251 e. The lowest BCUT2D eigenvalue weighted by Gasteiger charge is -2.11. The molecule has 0 atom stereocenters. The van der Waals surface area contributed by atoms with Crippen LogP contribution in [0.1, 0.15) is 15.9 Å². The summed E-state index contributed by atoms with van der Waals surface area (Å²) in [4.78, 5) is 14.2. The molecular formula is C22H20F2N4O2. The molecule has 0 aromatic heterocycles. The summed E-state index contributed by atoms with van der Waals surface area (Å²) < 4.78 is 26.7. The maximum Gasteiger partial charge on any atom is 0.251 e. The molecule has 0 fully saturated rings. The SMILES string of the molecule is CN(C)c1ccc(N=Nc2ccc(C(=O)NCc3cc(F)c(O)c(F)c3)cc2)cc1. The minimum atomic E-state index is -1.08. The Morgan fingerprint density at radius 2 is 1.43 bits per heavy atom. The molecular weight excluding hydrogens is 390 g/mol. The summed E-state index contributed by atoms with van der Waals surface area (Å²) in [7, 11) is 3.91. The van der Waals surface area contributed by atoms with Crippen molar-refractivity contribution in [2.45, 2.75) is 6.54 Å². The first-order chi connectivity index (χ1) is 14.3. The van der Waals surface area contributed by atoms with Crippen molar-refractivity contribution in [3.8, 4) is 5.75 Å². The van der Waals surface area contributed by atoms with Gasteiger partial charge >= 0.3 is 0 Å². The molecule has 8 heteroatoms. The van der Waals surface area contributed by atoms with Gasteiger partial charge in [-0.05, 0) is 66.2 Å². The normalized spacial score (nSPS) is 10.9. The summed E-state index contributed by atoms with van der Waals surface area (Å²) >= 11 is 0. The van der Waals surface area contributed by atoms with Crippen LogP contribution in [0.5, 0.6) is 5.75 Å². The molecule has 0 aliphatic rings. The van der Waals surface area contributed by atoms with Gasteiger partial charge in [0.25, 0.3) is 5.91 Å². The number of carbonyl (C=O) groups excluding carboxylic acids is 1. The van der Waals surface area contributed by atoms with Gasteiger partial charge in [0.1, 0.15) is 0 Å². The molecule has 1 amide bonds. The molecule has 0 bridgehead atoms. The monoisotopic (exact) mass is 410 g/mol. The second-order valence-electron chi connectivity index (χ2n) is 6.75. The number of benzene rings is 3. The molecule has 3 aromatic carbocycles. The fourth-order valence-corrected chi connectivity index (χ4v) is 2.62. The van der Waals surface area contributed by atoms with Crippen molar-refractivity contribution < 1.29 is 18.7 Å². The molecule has 6 nitrogen and oxygen atoms in total. The number of nitrogens with zero attached hydrogens (tertiary/aromatic N) is 3. The highest BCUT2D eigenvalue weighted by Crippen LogP contribution is 2.23. The second kappa shape index (κ2) is 9.13. The lowest BCUT2D eigenvalue weighted by atomic mass is 10.1. The third-order valence-electron chi connectivity index (χ3n) is 4.31. The number of halogens is 2. The molecule has 154 valence electrons. The first kappa shape index (κ1) is 20.9. The maximum absolute atomic E-state index is 13.4. The van der Waals surface area contributed by atoms with E-state index in [9.17, 15) is 13.6 Å². The fourth-order valence-electron chi connectivity index (χ4n) is 2.62. The van der Waals surface area contributed by atoms with Crippen LogP contribution in [0.2, 0.25) is 0 Å². The van der Waals surface area contributed by atoms with Gasteiger partial charge < -0.3 is 15.3 Å². The van der Waals surface area contributed by atoms with E-state index in [1.807, 2.05) is 43.3 Å². The fraction of sp³-hybridized carbons (Fsp3) is 0.136. The quantitative estimate of drug-likeness (QED) is 0.556. The third-order valence-corrected chi connectivity index (χ3v) is 4.31. The van der Waals surface area contributed by atoms with E-state index < -0.39 is 23.3 Å². The van der Waals surface area contributed by atoms with Gasteiger partial charge in [0, 0.05) is 31.9 Å². The number of rotatable bonds is 6. The van der Waals surface area contributed by atoms with Crippen molar-refractivity contribution in [2.24, 2.45) is 10.2 Å². The van der Waals surface area contributed by atoms with Crippen LogP contribution in [0.25, 0.3) is 0 Å². The van der Waals surface area contributed by atoms with Crippen molar-refractivity contribution >= 4 is 23.0 Å².